The van der Waals surface area contributed by atoms with Gasteiger partial charge in [0.05, 0.1) is 0 Å². The Labute approximate surface area is 126 Å². The Morgan fingerprint density at radius 3 is 1.95 bits per heavy atom. The summed E-state index contributed by atoms with van der Waals surface area (Å²) >= 11 is 11.7. The van der Waals surface area contributed by atoms with Crippen LogP contribution < -0.4 is 5.32 Å². The van der Waals surface area contributed by atoms with Gasteiger partial charge in [0, 0.05) is 26.9 Å². The normalized spacial score (nSPS) is 10.2. The Morgan fingerprint density at radius 2 is 1.45 bits per heavy atom. The van der Waals surface area contributed by atoms with E-state index < -0.39 is 0 Å². The number of anilines is 1. The van der Waals surface area contributed by atoms with Crippen LogP contribution in [-0.4, -0.2) is 11.7 Å². The fraction of sp³-hybridized carbons (Fsp3) is 0.0667. The molecule has 20 heavy (non-hydrogen) atoms. The second kappa shape index (κ2) is 6.07. The van der Waals surface area contributed by atoms with Crippen molar-refractivity contribution in [1.82, 2.24) is 0 Å². The van der Waals surface area contributed by atoms with Crippen molar-refractivity contribution in [2.24, 2.45) is 0 Å². The minimum atomic E-state index is -0.315. The predicted octanol–water partition coefficient (Wildman–Crippen LogP) is 4.45. The van der Waals surface area contributed by atoms with E-state index in [0.717, 1.165) is 0 Å². The molecule has 0 aliphatic rings. The number of hydrogen-bond acceptors (Lipinski definition) is 2. The maximum atomic E-state index is 12.0. The van der Waals surface area contributed by atoms with Crippen LogP contribution in [0.1, 0.15) is 27.6 Å². The van der Waals surface area contributed by atoms with Crippen molar-refractivity contribution in [2.75, 3.05) is 5.32 Å². The second-order valence-corrected chi connectivity index (χ2v) is 5.12. The summed E-state index contributed by atoms with van der Waals surface area (Å²) in [7, 11) is 0. The summed E-state index contributed by atoms with van der Waals surface area (Å²) in [4.78, 5) is 23.2. The standard InChI is InChI=1S/C15H11Cl2NO2/c1-9(19)10-2-4-14(5-3-10)18-15(20)11-6-12(16)8-13(17)7-11/h2-8H,1H3,(H,18,20). The van der Waals surface area contributed by atoms with Gasteiger partial charge in [-0.15, -0.1) is 0 Å². The number of amides is 1. The number of Topliss-reactive ketones (excluding diaryl/α,β-unsaturated/α-hetero) is 1. The van der Waals surface area contributed by atoms with Gasteiger partial charge in [-0.1, -0.05) is 23.2 Å². The maximum absolute atomic E-state index is 12.0. The molecule has 1 amide bonds. The minimum absolute atomic E-state index is 0.0236. The Hall–Kier alpha value is -1.84. The summed E-state index contributed by atoms with van der Waals surface area (Å²) in [5.41, 5.74) is 1.56. The van der Waals surface area contributed by atoms with Gasteiger partial charge in [0.15, 0.2) is 5.78 Å². The second-order valence-electron chi connectivity index (χ2n) is 4.25. The number of carbonyl (C=O) groups is 2. The van der Waals surface area contributed by atoms with Crippen molar-refractivity contribution >= 4 is 40.6 Å². The Kier molecular flexibility index (Phi) is 4.42. The highest BCUT2D eigenvalue weighted by Gasteiger charge is 2.08. The molecule has 5 heteroatoms. The van der Waals surface area contributed by atoms with E-state index in [-0.39, 0.29) is 11.7 Å². The number of carbonyl (C=O) groups excluding carboxylic acids is 2. The van der Waals surface area contributed by atoms with Crippen LogP contribution in [0.3, 0.4) is 0 Å². The van der Waals surface area contributed by atoms with Crippen LogP contribution in [-0.2, 0) is 0 Å². The summed E-state index contributed by atoms with van der Waals surface area (Å²) in [5.74, 6) is -0.338. The van der Waals surface area contributed by atoms with Crippen LogP contribution in [0.2, 0.25) is 10.0 Å². The fourth-order valence-corrected chi connectivity index (χ4v) is 2.20. The molecule has 0 aliphatic carbocycles. The molecule has 1 N–H and O–H groups in total. The number of benzene rings is 2. The molecule has 0 unspecified atom stereocenters. The van der Waals surface area contributed by atoms with E-state index in [1.807, 2.05) is 0 Å². The Bertz CT molecular complexity index is 646. The first-order chi connectivity index (χ1) is 9.45. The van der Waals surface area contributed by atoms with E-state index in [2.05, 4.69) is 5.32 Å². The van der Waals surface area contributed by atoms with Crippen LogP contribution in [0, 0.1) is 0 Å². The van der Waals surface area contributed by atoms with Gasteiger partial charge >= 0.3 is 0 Å². The van der Waals surface area contributed by atoms with E-state index in [0.29, 0.717) is 26.9 Å². The first-order valence-electron chi connectivity index (χ1n) is 5.84. The van der Waals surface area contributed by atoms with E-state index >= 15 is 0 Å². The van der Waals surface area contributed by atoms with E-state index in [1.54, 1.807) is 30.3 Å². The molecule has 0 radical (unpaired) electrons. The molecule has 0 fully saturated rings. The molecule has 0 saturated carbocycles. The van der Waals surface area contributed by atoms with Crippen LogP contribution in [0.4, 0.5) is 5.69 Å². The van der Waals surface area contributed by atoms with Crippen molar-refractivity contribution in [3.63, 3.8) is 0 Å². The molecule has 0 aliphatic heterocycles. The number of ketones is 1. The summed E-state index contributed by atoms with van der Waals surface area (Å²) in [5, 5.41) is 3.51. The summed E-state index contributed by atoms with van der Waals surface area (Å²) in [6.45, 7) is 1.49. The van der Waals surface area contributed by atoms with E-state index in [1.165, 1.54) is 19.1 Å². The highest BCUT2D eigenvalue weighted by atomic mass is 35.5. The quantitative estimate of drug-likeness (QED) is 0.852. The lowest BCUT2D eigenvalue weighted by Crippen LogP contribution is -2.12. The molecule has 2 aromatic carbocycles. The zero-order valence-electron chi connectivity index (χ0n) is 10.6. The summed E-state index contributed by atoms with van der Waals surface area (Å²) < 4.78 is 0. The Morgan fingerprint density at radius 1 is 0.900 bits per heavy atom. The smallest absolute Gasteiger partial charge is 0.255 e. The van der Waals surface area contributed by atoms with Gasteiger partial charge < -0.3 is 5.32 Å². The maximum Gasteiger partial charge on any atom is 0.255 e. The highest BCUT2D eigenvalue weighted by Crippen LogP contribution is 2.20. The summed E-state index contributed by atoms with van der Waals surface area (Å²) in [6.07, 6.45) is 0. The van der Waals surface area contributed by atoms with Crippen LogP contribution in [0.15, 0.2) is 42.5 Å². The molecule has 0 atom stereocenters. The third-order valence-corrected chi connectivity index (χ3v) is 3.11. The molecule has 0 saturated heterocycles. The van der Waals surface area contributed by atoms with Gasteiger partial charge in [0.1, 0.15) is 0 Å². The number of halogens is 2. The third-order valence-electron chi connectivity index (χ3n) is 2.67. The van der Waals surface area contributed by atoms with Crippen LogP contribution >= 0.6 is 23.2 Å². The SMILES string of the molecule is CC(=O)c1ccc(NC(=O)c2cc(Cl)cc(Cl)c2)cc1. The van der Waals surface area contributed by atoms with Crippen molar-refractivity contribution in [2.45, 2.75) is 6.92 Å². The van der Waals surface area contributed by atoms with Crippen LogP contribution in [0.5, 0.6) is 0 Å². The zero-order chi connectivity index (χ0) is 14.7. The van der Waals surface area contributed by atoms with Crippen molar-refractivity contribution in [3.05, 3.63) is 63.6 Å². The average Bonchev–Trinajstić information content (AvgIpc) is 2.38. The van der Waals surface area contributed by atoms with Gasteiger partial charge in [-0.3, -0.25) is 9.59 Å². The lowest BCUT2D eigenvalue weighted by molar-refractivity contribution is 0.101. The molecule has 0 aromatic heterocycles. The number of hydrogen-bond donors (Lipinski definition) is 1. The lowest BCUT2D eigenvalue weighted by atomic mass is 10.1. The number of nitrogens with one attached hydrogen (secondary N) is 1. The number of rotatable bonds is 3. The van der Waals surface area contributed by atoms with Crippen molar-refractivity contribution in [3.8, 4) is 0 Å². The monoisotopic (exact) mass is 307 g/mol. The van der Waals surface area contributed by atoms with E-state index in [4.69, 9.17) is 23.2 Å². The van der Waals surface area contributed by atoms with Crippen molar-refractivity contribution in [1.29, 1.82) is 0 Å². The molecule has 0 heterocycles. The topological polar surface area (TPSA) is 46.2 Å². The third kappa shape index (κ3) is 3.59. The van der Waals surface area contributed by atoms with Crippen LogP contribution in [0.25, 0.3) is 0 Å². The van der Waals surface area contributed by atoms with Gasteiger partial charge in [0.2, 0.25) is 0 Å². The molecule has 102 valence electrons. The molecule has 2 aromatic rings. The molecule has 0 bridgehead atoms. The summed E-state index contributed by atoms with van der Waals surface area (Å²) in [6, 6.07) is 11.3. The molecular formula is C15H11Cl2NO2. The Balaban J connectivity index is 2.16. The first-order valence-corrected chi connectivity index (χ1v) is 6.60. The van der Waals surface area contributed by atoms with Gasteiger partial charge in [-0.25, -0.2) is 0 Å². The largest absolute Gasteiger partial charge is 0.322 e. The fourth-order valence-electron chi connectivity index (χ4n) is 1.68. The van der Waals surface area contributed by atoms with Gasteiger partial charge in [-0.2, -0.15) is 0 Å². The van der Waals surface area contributed by atoms with Crippen molar-refractivity contribution < 1.29 is 9.59 Å². The molecular weight excluding hydrogens is 297 g/mol. The highest BCUT2D eigenvalue weighted by molar-refractivity contribution is 6.35. The van der Waals surface area contributed by atoms with E-state index in [9.17, 15) is 9.59 Å². The first kappa shape index (κ1) is 14.6. The zero-order valence-corrected chi connectivity index (χ0v) is 12.1. The molecule has 0 spiro atoms. The predicted molar refractivity (Wildman–Crippen MR) is 80.9 cm³/mol. The lowest BCUT2D eigenvalue weighted by Gasteiger charge is -2.06. The molecule has 3 nitrogen and oxygen atoms in total. The van der Waals surface area contributed by atoms with Gasteiger partial charge in [-0.05, 0) is 49.4 Å². The average molecular weight is 308 g/mol. The molecule has 2 rings (SSSR count). The minimum Gasteiger partial charge on any atom is -0.322 e. The van der Waals surface area contributed by atoms with Gasteiger partial charge in [0.25, 0.3) is 5.91 Å².